The van der Waals surface area contributed by atoms with Gasteiger partial charge in [-0.3, -0.25) is 37.3 Å². The molecule has 616 valence electrons. The van der Waals surface area contributed by atoms with Crippen LogP contribution in [0, 0.1) is 0 Å². The Balaban J connectivity index is 5.50. The first-order valence-electron chi connectivity index (χ1n) is 41.7. The highest BCUT2D eigenvalue weighted by atomic mass is 31.2. The van der Waals surface area contributed by atoms with Crippen LogP contribution in [0.1, 0.15) is 323 Å². The van der Waals surface area contributed by atoms with Crippen molar-refractivity contribution in [2.24, 2.45) is 0 Å². The molecule has 0 amide bonds. The van der Waals surface area contributed by atoms with E-state index in [4.69, 9.17) is 37.0 Å². The zero-order valence-corrected chi connectivity index (χ0v) is 69.3. The number of hydrogen-bond acceptors (Lipinski definition) is 15. The molecule has 0 aliphatic rings. The monoisotopic (exact) mass is 1550 g/mol. The average molecular weight is 1550 g/mol. The number of hydrogen-bond donors (Lipinski definition) is 3. The van der Waals surface area contributed by atoms with Crippen LogP contribution in [0.5, 0.6) is 0 Å². The van der Waals surface area contributed by atoms with Crippen molar-refractivity contribution in [1.82, 2.24) is 0 Å². The van der Waals surface area contributed by atoms with Gasteiger partial charge >= 0.3 is 39.5 Å². The van der Waals surface area contributed by atoms with Crippen molar-refractivity contribution in [3.05, 3.63) is 158 Å². The number of rotatable bonds is 77. The third-order valence-corrected chi connectivity index (χ3v) is 18.9. The predicted molar refractivity (Wildman–Crippen MR) is 445 cm³/mol. The third-order valence-electron chi connectivity index (χ3n) is 17.0. The second-order valence-corrected chi connectivity index (χ2v) is 30.2. The lowest BCUT2D eigenvalue weighted by atomic mass is 10.1. The maximum absolute atomic E-state index is 13.1. The number of phosphoric ester groups is 2. The van der Waals surface area contributed by atoms with Gasteiger partial charge in [0.2, 0.25) is 0 Å². The van der Waals surface area contributed by atoms with Crippen LogP contribution in [0.25, 0.3) is 0 Å². The molecular formula is C89H148O17P2. The van der Waals surface area contributed by atoms with Gasteiger partial charge in [-0.05, 0) is 167 Å². The van der Waals surface area contributed by atoms with Gasteiger partial charge in [-0.1, -0.05) is 288 Å². The number of esters is 4. The molecule has 0 spiro atoms. The minimum atomic E-state index is -5.02. The second kappa shape index (κ2) is 79.8. The van der Waals surface area contributed by atoms with Crippen molar-refractivity contribution >= 4 is 39.5 Å². The number of phosphoric acid groups is 2. The smallest absolute Gasteiger partial charge is 0.462 e. The van der Waals surface area contributed by atoms with Crippen molar-refractivity contribution in [2.75, 3.05) is 39.6 Å². The van der Waals surface area contributed by atoms with E-state index >= 15 is 0 Å². The Hall–Kier alpha value is -5.32. The van der Waals surface area contributed by atoms with Crippen LogP contribution in [0.4, 0.5) is 0 Å². The quantitative estimate of drug-likeness (QED) is 0.0169. The van der Waals surface area contributed by atoms with Gasteiger partial charge in [0.15, 0.2) is 12.2 Å². The molecule has 0 aromatic rings. The molecule has 2 unspecified atom stereocenters. The van der Waals surface area contributed by atoms with Crippen molar-refractivity contribution in [3.8, 4) is 0 Å². The highest BCUT2D eigenvalue weighted by Gasteiger charge is 2.30. The van der Waals surface area contributed by atoms with Gasteiger partial charge in [0.05, 0.1) is 26.4 Å². The summed E-state index contributed by atoms with van der Waals surface area (Å²) in [5.74, 6) is -2.33. The minimum Gasteiger partial charge on any atom is -0.462 e. The molecule has 108 heavy (non-hydrogen) atoms. The van der Waals surface area contributed by atoms with Crippen LogP contribution in [0.15, 0.2) is 158 Å². The van der Waals surface area contributed by atoms with E-state index in [1.807, 2.05) is 18.2 Å². The van der Waals surface area contributed by atoms with E-state index in [1.165, 1.54) is 64.2 Å². The van der Waals surface area contributed by atoms with E-state index in [1.54, 1.807) is 0 Å². The molecule has 19 heteroatoms. The Morgan fingerprint density at radius 3 is 0.833 bits per heavy atom. The van der Waals surface area contributed by atoms with E-state index in [9.17, 15) is 43.2 Å². The van der Waals surface area contributed by atoms with E-state index in [0.717, 1.165) is 173 Å². The largest absolute Gasteiger partial charge is 0.472 e. The fraction of sp³-hybridized carbons (Fsp3) is 0.663. The second-order valence-electron chi connectivity index (χ2n) is 27.3. The van der Waals surface area contributed by atoms with E-state index in [2.05, 4.69) is 167 Å². The molecule has 3 N–H and O–H groups in total. The van der Waals surface area contributed by atoms with Gasteiger partial charge in [-0.25, -0.2) is 9.13 Å². The molecule has 17 nitrogen and oxygen atoms in total. The molecule has 0 rings (SSSR count). The highest BCUT2D eigenvalue weighted by molar-refractivity contribution is 7.47. The topological polar surface area (TPSA) is 237 Å². The number of allylic oxidation sites excluding steroid dienone is 26. The Morgan fingerprint density at radius 1 is 0.269 bits per heavy atom. The summed E-state index contributed by atoms with van der Waals surface area (Å²) < 4.78 is 68.6. The van der Waals surface area contributed by atoms with Gasteiger partial charge in [0.1, 0.15) is 19.3 Å². The zero-order valence-electron chi connectivity index (χ0n) is 67.5. The van der Waals surface area contributed by atoms with Gasteiger partial charge in [0, 0.05) is 25.7 Å². The maximum Gasteiger partial charge on any atom is 0.472 e. The SMILES string of the molecule is CC/C=C\C/C=C\C/C=C\C/C=C\C/C=C\CCCCCC(=O)OC[C@H](COP(=O)(O)OC[C@@H](O)COP(=O)(O)OC[C@@H](COC(=O)CCCCCCC/C=C\C/C=C\CCCCC)OC(=O)CCCCCCCCC/C=C\CCCCCC)OC(=O)CC/C=C\C/C=C\C/C=C\C/C=C\C/C=C\CCCCC. The summed E-state index contributed by atoms with van der Waals surface area (Å²) >= 11 is 0. The molecule has 0 aliphatic carbocycles. The molecule has 0 saturated carbocycles. The molecule has 5 atom stereocenters. The molecule has 0 saturated heterocycles. The molecular weight excluding hydrogens is 1400 g/mol. The first-order chi connectivity index (χ1) is 52.7. The number of carbonyl (C=O) groups is 4. The van der Waals surface area contributed by atoms with Gasteiger partial charge in [0.25, 0.3) is 0 Å². The van der Waals surface area contributed by atoms with Crippen LogP contribution in [0.3, 0.4) is 0 Å². The molecule has 0 heterocycles. The Kier molecular flexibility index (Phi) is 75.8. The fourth-order valence-electron chi connectivity index (χ4n) is 10.6. The number of carbonyl (C=O) groups excluding carboxylic acids is 4. The zero-order chi connectivity index (χ0) is 78.9. The number of unbranched alkanes of at least 4 members (excludes halogenated alkanes) is 25. The summed E-state index contributed by atoms with van der Waals surface area (Å²) in [6.07, 6.45) is 93.7. The van der Waals surface area contributed by atoms with Gasteiger partial charge in [-0.15, -0.1) is 0 Å². The average Bonchev–Trinajstić information content (AvgIpc) is 0.896. The molecule has 0 aliphatic heterocycles. The van der Waals surface area contributed by atoms with Crippen LogP contribution >= 0.6 is 15.6 Å². The van der Waals surface area contributed by atoms with Crippen LogP contribution < -0.4 is 0 Å². The summed E-state index contributed by atoms with van der Waals surface area (Å²) in [7, 11) is -10.0. The van der Waals surface area contributed by atoms with Crippen molar-refractivity contribution < 1.29 is 80.2 Å². The molecule has 0 bridgehead atoms. The molecule has 0 radical (unpaired) electrons. The summed E-state index contributed by atoms with van der Waals surface area (Å²) in [6.45, 7) is 4.56. The van der Waals surface area contributed by atoms with E-state index in [-0.39, 0.29) is 25.7 Å². The Labute approximate surface area is 655 Å². The fourth-order valence-corrected chi connectivity index (χ4v) is 12.2. The van der Waals surface area contributed by atoms with E-state index < -0.39 is 97.5 Å². The Bertz CT molecular complexity index is 2660. The lowest BCUT2D eigenvalue weighted by Crippen LogP contribution is -2.30. The normalized spacial score (nSPS) is 14.6. The van der Waals surface area contributed by atoms with Gasteiger partial charge < -0.3 is 33.8 Å². The molecule has 0 fully saturated rings. The number of aliphatic hydroxyl groups excluding tert-OH is 1. The van der Waals surface area contributed by atoms with Crippen LogP contribution in [-0.2, 0) is 65.4 Å². The van der Waals surface area contributed by atoms with Crippen molar-refractivity contribution in [3.63, 3.8) is 0 Å². The van der Waals surface area contributed by atoms with Crippen LogP contribution in [0.2, 0.25) is 0 Å². The summed E-state index contributed by atoms with van der Waals surface area (Å²) in [5, 5.41) is 10.7. The lowest BCUT2D eigenvalue weighted by Gasteiger charge is -2.21. The number of ether oxygens (including phenoxy) is 4. The highest BCUT2D eigenvalue weighted by Crippen LogP contribution is 2.45. The number of aliphatic hydroxyl groups is 1. The predicted octanol–water partition coefficient (Wildman–Crippen LogP) is 24.8. The third kappa shape index (κ3) is 78.8. The summed E-state index contributed by atoms with van der Waals surface area (Å²) in [4.78, 5) is 73.1. The first kappa shape index (κ1) is 103. The summed E-state index contributed by atoms with van der Waals surface area (Å²) in [5.41, 5.74) is 0. The minimum absolute atomic E-state index is 0.0415. The summed E-state index contributed by atoms with van der Waals surface area (Å²) in [6, 6.07) is 0. The van der Waals surface area contributed by atoms with Crippen molar-refractivity contribution in [2.45, 2.75) is 341 Å². The standard InChI is InChI=1S/C89H148O17P2/c1-5-9-13-17-21-25-29-33-37-39-41-43-47-50-54-58-62-66-70-74-87(92)100-80-85(106-89(94)76-72-68-64-60-56-52-48-44-42-40-38-34-30-26-22-18-14-10-6-2)82-104-108(97,98)102-78-83(90)77-101-107(95,96)103-81-84(105-88(93)75-71-67-63-59-55-51-46-36-32-28-24-20-16-12-8-4)79-99-86(91)73-69-65-61-57-53-49-45-35-31-27-23-19-15-11-7-3/h9,13,21-23,25-28,32-35,37-38,41-45,50,52,54,56,64,68,83-85,90H,5-8,10-12,14-20,24,29-31,36,39-40,46-49,51,53,55,57-63,65-67,69-82H2,1-4H3,(H,95,96)(H,97,98)/b13-9-,25-21-,26-22-,27-23-,32-28-,37-33-,38-34-,43-41-,44-42-,45-35-,54-50-,56-52-,68-64-/t83-,84+,85+/m0/s1. The Morgan fingerprint density at radius 2 is 0.500 bits per heavy atom. The molecule has 0 aromatic heterocycles. The van der Waals surface area contributed by atoms with Gasteiger partial charge in [-0.2, -0.15) is 0 Å². The van der Waals surface area contributed by atoms with Crippen molar-refractivity contribution in [1.29, 1.82) is 0 Å². The maximum atomic E-state index is 13.1. The lowest BCUT2D eigenvalue weighted by molar-refractivity contribution is -0.161. The van der Waals surface area contributed by atoms with Crippen LogP contribution in [-0.4, -0.2) is 96.7 Å². The first-order valence-corrected chi connectivity index (χ1v) is 44.7. The van der Waals surface area contributed by atoms with E-state index in [0.29, 0.717) is 32.1 Å². The molecule has 0 aromatic carbocycles.